The van der Waals surface area contributed by atoms with Gasteiger partial charge in [0.1, 0.15) is 78.7 Å². The minimum absolute atomic E-state index is 0.135. The number of amides is 14. The monoisotopic (exact) mass is 1830 g/mol. The molecule has 9 atom stereocenters. The average Bonchev–Trinajstić information content (AvgIpc) is 1.03. The number of benzene rings is 7. The Morgan fingerprint density at radius 3 is 1.16 bits per heavy atom. The normalized spacial score (nSPS) is 16.1. The number of imide groups is 2. The van der Waals surface area contributed by atoms with Crippen LogP contribution in [-0.2, 0) is 97.0 Å². The standard InChI is InChI=1S/C97H118N12O16P2S2/c1-58(83(98)111)103-92(120)96(8,9)107-87(115)62(5)101-88(116)80(53-65-35-17-12-18-36-65)105-85(113)60(3)100-84(112)59(2)102-89(117)81(56-126(128,66-37-19-13-20-38-66)67-39-21-14-22-40-67)108(94(122)124-54-78-74-49-31-27-45-70(74)71-46-28-32-50-75(71)78)91(119)82(57-127(129,68-41-23-15-24-42-68)69-43-25-16-26-44-69)109(90(118)63(6)104-93(121)97(10,11)106-86(114)61(4)99-64(7)110)95(123)125-55-79-76-51-33-29-47-72(76)73-48-30-34-52-77(73)79/h12-14,17-22,27-40,45-52,58-63,68-69,78-82H,15-16,23-26,41-44,53-57H2,1-11H3,(H2,98,111)(H,99,110)(H,100,112)(H,101,116)(H,102,117)(H,103,120)(H,104,121)(H,105,113)(H,106,114)(H,107,115)/t58-,59-,60-,61-,62-,63-,80-,81-,82-/m0/s1. The predicted octanol–water partition coefficient (Wildman–Crippen LogP) is 9.60. The summed E-state index contributed by atoms with van der Waals surface area (Å²) in [6.07, 6.45) is 3.45. The number of nitrogens with one attached hydrogen (secondary N) is 9. The minimum Gasteiger partial charge on any atom is -0.448 e. The summed E-state index contributed by atoms with van der Waals surface area (Å²) < 4.78 is 13.3. The fourth-order valence-electron chi connectivity index (χ4n) is 17.6. The van der Waals surface area contributed by atoms with E-state index in [0.29, 0.717) is 51.7 Å². The van der Waals surface area contributed by atoms with Gasteiger partial charge in [-0.15, -0.1) is 0 Å². The third-order valence-corrected chi connectivity index (χ3v) is 36.4. The van der Waals surface area contributed by atoms with E-state index in [1.54, 1.807) is 91.0 Å². The van der Waals surface area contributed by atoms with E-state index in [-0.39, 0.29) is 17.7 Å². The van der Waals surface area contributed by atoms with Crippen molar-refractivity contribution in [1.29, 1.82) is 0 Å². The maximum Gasteiger partial charge on any atom is 0.417 e. The molecule has 7 aromatic carbocycles. The van der Waals surface area contributed by atoms with E-state index in [0.717, 1.165) is 83.0 Å². The van der Waals surface area contributed by atoms with Crippen LogP contribution in [0.25, 0.3) is 22.3 Å². The second-order valence-electron chi connectivity index (χ2n) is 35.2. The van der Waals surface area contributed by atoms with Gasteiger partial charge in [0.2, 0.25) is 59.1 Å². The molecule has 0 saturated heterocycles. The summed E-state index contributed by atoms with van der Waals surface area (Å²) in [6.45, 7) is 13.9. The third-order valence-electron chi connectivity index (χ3n) is 24.9. The van der Waals surface area contributed by atoms with E-state index in [9.17, 15) is 38.4 Å². The van der Waals surface area contributed by atoms with Crippen LogP contribution in [0.1, 0.15) is 180 Å². The maximum absolute atomic E-state index is 18.3. The molecule has 684 valence electrons. The van der Waals surface area contributed by atoms with E-state index in [1.165, 1.54) is 76.2 Å². The van der Waals surface area contributed by atoms with Crippen LogP contribution >= 0.6 is 12.1 Å². The van der Waals surface area contributed by atoms with Crippen molar-refractivity contribution in [3.63, 3.8) is 0 Å². The van der Waals surface area contributed by atoms with Gasteiger partial charge in [0.25, 0.3) is 11.8 Å². The van der Waals surface area contributed by atoms with Crippen molar-refractivity contribution in [1.82, 2.24) is 57.7 Å². The molecule has 4 aliphatic rings. The largest absolute Gasteiger partial charge is 0.448 e. The highest BCUT2D eigenvalue weighted by molar-refractivity contribution is 8.22. The van der Waals surface area contributed by atoms with Crippen LogP contribution in [0.15, 0.2) is 188 Å². The van der Waals surface area contributed by atoms with Crippen molar-refractivity contribution >= 4 is 129 Å². The summed E-state index contributed by atoms with van der Waals surface area (Å²) in [5.74, 6) is -12.4. The first-order valence-electron chi connectivity index (χ1n) is 44.1. The topological polar surface area (TPSA) is 398 Å². The number of nitrogens with zero attached hydrogens (tertiary/aromatic N) is 2. The zero-order chi connectivity index (χ0) is 93.4. The molecule has 0 aromatic heterocycles. The second kappa shape index (κ2) is 43.2. The molecule has 7 aromatic rings. The van der Waals surface area contributed by atoms with Crippen molar-refractivity contribution in [3.05, 3.63) is 216 Å². The summed E-state index contributed by atoms with van der Waals surface area (Å²) in [5.41, 5.74) is 8.57. The Hall–Kier alpha value is -11.6. The summed E-state index contributed by atoms with van der Waals surface area (Å²) in [4.78, 5) is 211. The Kier molecular flexibility index (Phi) is 32.8. The molecular weight excluding hydrogens is 1720 g/mol. The fourth-order valence-corrected chi connectivity index (χ4v) is 27.8. The van der Waals surface area contributed by atoms with Crippen LogP contribution in [0, 0.1) is 0 Å². The van der Waals surface area contributed by atoms with E-state index in [2.05, 4.69) is 47.9 Å². The van der Waals surface area contributed by atoms with Crippen LogP contribution in [0.3, 0.4) is 0 Å². The molecule has 0 unspecified atom stereocenters. The first kappa shape index (κ1) is 98.0. The molecule has 14 amide bonds. The van der Waals surface area contributed by atoms with Gasteiger partial charge in [-0.05, 0) is 173 Å². The average molecular weight is 1830 g/mol. The van der Waals surface area contributed by atoms with Crippen molar-refractivity contribution in [2.45, 2.75) is 235 Å². The second-order valence-corrected chi connectivity index (χ2v) is 45.5. The maximum atomic E-state index is 18.3. The Bertz CT molecular complexity index is 5290. The lowest BCUT2D eigenvalue weighted by Crippen LogP contribution is -2.65. The molecule has 11 rings (SSSR count). The quantitative estimate of drug-likeness (QED) is 0.0163. The third kappa shape index (κ3) is 23.5. The number of ether oxygens (including phenoxy) is 2. The van der Waals surface area contributed by atoms with Gasteiger partial charge in [0.05, 0.1) is 0 Å². The molecule has 2 saturated carbocycles. The minimum atomic E-state index is -3.66. The van der Waals surface area contributed by atoms with E-state index >= 15 is 28.8 Å². The summed E-state index contributed by atoms with van der Waals surface area (Å²) in [6, 6.07) is 35.4. The first-order chi connectivity index (χ1) is 61.3. The molecule has 129 heavy (non-hydrogen) atoms. The van der Waals surface area contributed by atoms with Crippen molar-refractivity contribution in [2.24, 2.45) is 5.73 Å². The van der Waals surface area contributed by atoms with E-state index in [4.69, 9.17) is 38.8 Å². The van der Waals surface area contributed by atoms with Crippen molar-refractivity contribution < 1.29 is 76.6 Å². The molecule has 28 nitrogen and oxygen atoms in total. The van der Waals surface area contributed by atoms with Crippen LogP contribution < -0.4 is 64.2 Å². The highest BCUT2D eigenvalue weighted by Gasteiger charge is 2.53. The smallest absolute Gasteiger partial charge is 0.417 e. The number of nitrogens with two attached hydrogens (primary N) is 1. The van der Waals surface area contributed by atoms with Gasteiger partial charge in [-0.2, -0.15) is 0 Å². The number of primary amides is 1. The predicted molar refractivity (Wildman–Crippen MR) is 503 cm³/mol. The Morgan fingerprint density at radius 1 is 0.395 bits per heavy atom. The number of carbonyl (C=O) groups excluding carboxylic acids is 14. The Labute approximate surface area is 763 Å². The van der Waals surface area contributed by atoms with Gasteiger partial charge >= 0.3 is 12.2 Å². The van der Waals surface area contributed by atoms with Crippen LogP contribution in [0.5, 0.6) is 0 Å². The summed E-state index contributed by atoms with van der Waals surface area (Å²) in [5, 5.41) is 24.7. The van der Waals surface area contributed by atoms with Gasteiger partial charge in [-0.1, -0.05) is 250 Å². The molecule has 11 N–H and O–H groups in total. The van der Waals surface area contributed by atoms with Crippen molar-refractivity contribution in [2.75, 3.05) is 25.5 Å². The van der Waals surface area contributed by atoms with Crippen LogP contribution in [0.2, 0.25) is 0 Å². The highest BCUT2D eigenvalue weighted by atomic mass is 32.4. The van der Waals surface area contributed by atoms with E-state index < -0.39 is 198 Å². The Morgan fingerprint density at radius 2 is 0.744 bits per heavy atom. The Balaban J connectivity index is 1.04. The molecule has 4 aliphatic carbocycles. The van der Waals surface area contributed by atoms with Crippen molar-refractivity contribution in [3.8, 4) is 22.3 Å². The lowest BCUT2D eigenvalue weighted by molar-refractivity contribution is -0.147. The molecule has 2 fully saturated rings. The number of fused-ring (bicyclic) bond motifs is 6. The molecule has 0 aliphatic heterocycles. The zero-order valence-corrected chi connectivity index (χ0v) is 78.1. The fraction of sp³-hybridized carbons (Fsp3) is 0.423. The zero-order valence-electron chi connectivity index (χ0n) is 74.7. The molecule has 0 radical (unpaired) electrons. The molecule has 0 bridgehead atoms. The van der Waals surface area contributed by atoms with Crippen LogP contribution in [-0.4, -0.2) is 195 Å². The highest BCUT2D eigenvalue weighted by Crippen LogP contribution is 2.64. The summed E-state index contributed by atoms with van der Waals surface area (Å²) in [7, 11) is 0. The number of rotatable bonds is 36. The lowest BCUT2D eigenvalue weighted by atomic mass is 9.98. The first-order valence-corrected chi connectivity index (χ1v) is 50.2. The van der Waals surface area contributed by atoms with Gasteiger partial charge < -0.3 is 63.1 Å². The molecule has 32 heteroatoms. The van der Waals surface area contributed by atoms with Gasteiger partial charge in [-0.25, -0.2) is 19.4 Å². The number of carbonyl (C=O) groups is 14. The van der Waals surface area contributed by atoms with E-state index in [1.807, 2.05) is 97.1 Å². The molecule has 0 heterocycles. The SMILES string of the molecule is CC(=O)N[C@@H](C)C(=O)NC(C)(C)C(=O)N[C@@H](C)C(=O)N(C(=O)OCC1c2ccccc2-c2ccccc21)[C@@H](CP(=S)(C1CCCCC1)C1CCCCC1)C(=O)N(C(=O)OCC1c2ccccc2-c2ccccc21)[C@@H](CP(=S)(c1ccccc1)c1ccccc1)C(=O)N[C@@H](C)C(=O)N[C@@H](C)C(=O)N[C@@H](Cc1ccccc1)C(=O)N[C@@H](C)C(=O)NC(C)(C)C(=O)N[C@@H](C)C(N)=O. The van der Waals surface area contributed by atoms with Gasteiger partial charge in [0, 0.05) is 43.5 Å². The number of hydrogen-bond donors (Lipinski definition) is 10. The van der Waals surface area contributed by atoms with Crippen LogP contribution in [0.4, 0.5) is 9.59 Å². The molecular formula is C97H118N12O16P2S2. The lowest BCUT2D eigenvalue weighted by Gasteiger charge is -2.45. The van der Waals surface area contributed by atoms with Gasteiger partial charge in [0.15, 0.2) is 0 Å². The van der Waals surface area contributed by atoms with Gasteiger partial charge in [-0.3, -0.25) is 57.5 Å². The number of hydrogen-bond acceptors (Lipinski definition) is 18. The molecule has 0 spiro atoms. The summed E-state index contributed by atoms with van der Waals surface area (Å²) >= 11 is 14.4.